The average molecular weight is 262 g/mol. The third-order valence-electron chi connectivity index (χ3n) is 3.29. The van der Waals surface area contributed by atoms with Crippen molar-refractivity contribution in [2.24, 2.45) is 0 Å². The highest BCUT2D eigenvalue weighted by Crippen LogP contribution is 2.08. The molecule has 0 spiro atoms. The highest BCUT2D eigenvalue weighted by molar-refractivity contribution is 5.95. The second-order valence-corrected chi connectivity index (χ2v) is 4.82. The van der Waals surface area contributed by atoms with E-state index in [2.05, 4.69) is 15.4 Å². The molecule has 1 aromatic heterocycles. The van der Waals surface area contributed by atoms with E-state index in [0.29, 0.717) is 6.61 Å². The molecular weight excluding hydrogens is 240 g/mol. The first-order valence-corrected chi connectivity index (χ1v) is 6.95. The second kappa shape index (κ2) is 7.86. The van der Waals surface area contributed by atoms with E-state index < -0.39 is 0 Å². The monoisotopic (exact) mass is 262 g/mol. The van der Waals surface area contributed by atoms with Crippen LogP contribution in [0, 0.1) is 5.41 Å². The van der Waals surface area contributed by atoms with Gasteiger partial charge in [0, 0.05) is 24.5 Å². The third kappa shape index (κ3) is 4.96. The Bertz CT molecular complexity index is 376. The topological polar surface area (TPSA) is 61.2 Å². The van der Waals surface area contributed by atoms with Crippen LogP contribution in [0.2, 0.25) is 0 Å². The van der Waals surface area contributed by atoms with Crippen molar-refractivity contribution in [2.45, 2.75) is 25.7 Å². The van der Waals surface area contributed by atoms with Crippen LogP contribution in [0.5, 0.6) is 0 Å². The fourth-order valence-corrected chi connectivity index (χ4v) is 2.24. The molecule has 5 heteroatoms. The van der Waals surface area contributed by atoms with E-state index in [1.807, 2.05) is 12.1 Å². The zero-order valence-corrected chi connectivity index (χ0v) is 11.3. The van der Waals surface area contributed by atoms with Crippen molar-refractivity contribution >= 4 is 5.84 Å². The van der Waals surface area contributed by atoms with Crippen molar-refractivity contribution in [1.82, 2.24) is 15.4 Å². The van der Waals surface area contributed by atoms with Gasteiger partial charge in [-0.2, -0.15) is 0 Å². The van der Waals surface area contributed by atoms with Gasteiger partial charge < -0.3 is 4.90 Å². The van der Waals surface area contributed by atoms with Crippen molar-refractivity contribution in [3.8, 4) is 0 Å². The first-order chi connectivity index (χ1) is 9.36. The number of hydrogen-bond donors (Lipinski definition) is 2. The minimum Gasteiger partial charge on any atom is -0.303 e. The standard InChI is InChI=1S/C14H22N4O/c15-14(13-6-4-7-16-12-13)17-19-11-5-10-18-8-2-1-3-9-18/h4,6-7,12H,1-3,5,8-11H2,(H2,15,17). The summed E-state index contributed by atoms with van der Waals surface area (Å²) in [5.74, 6) is 0.256. The maximum atomic E-state index is 7.77. The van der Waals surface area contributed by atoms with Gasteiger partial charge in [-0.05, 0) is 44.5 Å². The summed E-state index contributed by atoms with van der Waals surface area (Å²) in [5.41, 5.74) is 3.40. The lowest BCUT2D eigenvalue weighted by molar-refractivity contribution is 0.0739. The van der Waals surface area contributed by atoms with Crippen molar-refractivity contribution < 1.29 is 4.84 Å². The van der Waals surface area contributed by atoms with Crippen LogP contribution in [0.4, 0.5) is 0 Å². The molecule has 0 aromatic carbocycles. The average Bonchev–Trinajstić information content (AvgIpc) is 2.49. The van der Waals surface area contributed by atoms with Crippen LogP contribution in [-0.4, -0.2) is 42.0 Å². The van der Waals surface area contributed by atoms with E-state index >= 15 is 0 Å². The predicted octanol–water partition coefficient (Wildman–Crippen LogP) is 1.80. The molecule has 19 heavy (non-hydrogen) atoms. The molecule has 1 aliphatic heterocycles. The van der Waals surface area contributed by atoms with Gasteiger partial charge in [0.2, 0.25) is 0 Å². The smallest absolute Gasteiger partial charge is 0.151 e. The lowest BCUT2D eigenvalue weighted by Crippen LogP contribution is -2.32. The van der Waals surface area contributed by atoms with Gasteiger partial charge in [-0.1, -0.05) is 6.42 Å². The third-order valence-corrected chi connectivity index (χ3v) is 3.29. The summed E-state index contributed by atoms with van der Waals surface area (Å²) >= 11 is 0. The summed E-state index contributed by atoms with van der Waals surface area (Å²) in [6.07, 6.45) is 8.35. The minimum absolute atomic E-state index is 0.256. The fourth-order valence-electron chi connectivity index (χ4n) is 2.24. The van der Waals surface area contributed by atoms with Gasteiger partial charge in [-0.15, -0.1) is 0 Å². The number of amidine groups is 1. The molecule has 1 saturated heterocycles. The highest BCUT2D eigenvalue weighted by Gasteiger charge is 2.09. The van der Waals surface area contributed by atoms with E-state index in [1.165, 1.54) is 32.4 Å². The van der Waals surface area contributed by atoms with Crippen LogP contribution in [0.15, 0.2) is 24.5 Å². The number of likely N-dealkylation sites (tertiary alicyclic amines) is 1. The molecule has 2 N–H and O–H groups in total. The predicted molar refractivity (Wildman–Crippen MR) is 75.1 cm³/mol. The van der Waals surface area contributed by atoms with E-state index in [1.54, 1.807) is 12.4 Å². The van der Waals surface area contributed by atoms with Gasteiger partial charge in [0.15, 0.2) is 5.84 Å². The zero-order chi connectivity index (χ0) is 13.3. The van der Waals surface area contributed by atoms with E-state index in [9.17, 15) is 0 Å². The molecule has 1 aromatic rings. The van der Waals surface area contributed by atoms with Crippen molar-refractivity contribution in [1.29, 1.82) is 5.41 Å². The molecule has 0 atom stereocenters. The molecule has 5 nitrogen and oxygen atoms in total. The Morgan fingerprint density at radius 3 is 2.95 bits per heavy atom. The molecule has 0 amide bonds. The number of piperidine rings is 1. The number of rotatable bonds is 6. The van der Waals surface area contributed by atoms with Crippen molar-refractivity contribution in [3.05, 3.63) is 30.1 Å². The van der Waals surface area contributed by atoms with E-state index in [-0.39, 0.29) is 5.84 Å². The largest absolute Gasteiger partial charge is 0.303 e. The van der Waals surface area contributed by atoms with E-state index in [4.69, 9.17) is 10.2 Å². The van der Waals surface area contributed by atoms with Gasteiger partial charge >= 0.3 is 0 Å². The quantitative estimate of drug-likeness (QED) is 0.355. The summed E-state index contributed by atoms with van der Waals surface area (Å²) in [5, 5.41) is 7.77. The van der Waals surface area contributed by atoms with Crippen molar-refractivity contribution in [2.75, 3.05) is 26.2 Å². The summed E-state index contributed by atoms with van der Waals surface area (Å²) in [4.78, 5) is 11.8. The molecular formula is C14H22N4O. The molecule has 0 unspecified atom stereocenters. The van der Waals surface area contributed by atoms with E-state index in [0.717, 1.165) is 18.5 Å². The summed E-state index contributed by atoms with van der Waals surface area (Å²) < 4.78 is 0. The number of nitrogens with zero attached hydrogens (tertiary/aromatic N) is 2. The number of hydroxylamine groups is 1. The van der Waals surface area contributed by atoms with Crippen LogP contribution in [0.1, 0.15) is 31.2 Å². The van der Waals surface area contributed by atoms with Gasteiger partial charge in [0.25, 0.3) is 0 Å². The van der Waals surface area contributed by atoms with Crippen LogP contribution in [-0.2, 0) is 4.84 Å². The first kappa shape index (κ1) is 14.0. The Hall–Kier alpha value is -1.46. The van der Waals surface area contributed by atoms with Gasteiger partial charge in [-0.3, -0.25) is 15.2 Å². The molecule has 1 fully saturated rings. The Kier molecular flexibility index (Phi) is 5.78. The highest BCUT2D eigenvalue weighted by atomic mass is 16.6. The summed E-state index contributed by atoms with van der Waals surface area (Å²) in [6, 6.07) is 3.64. The van der Waals surface area contributed by atoms with Gasteiger partial charge in [0.05, 0.1) is 6.61 Å². The molecule has 1 aliphatic rings. The lowest BCUT2D eigenvalue weighted by Gasteiger charge is -2.26. The maximum Gasteiger partial charge on any atom is 0.151 e. The van der Waals surface area contributed by atoms with Crippen molar-refractivity contribution in [3.63, 3.8) is 0 Å². The molecule has 0 bridgehead atoms. The molecule has 2 heterocycles. The molecule has 104 valence electrons. The van der Waals surface area contributed by atoms with Crippen LogP contribution in [0.25, 0.3) is 0 Å². The Morgan fingerprint density at radius 1 is 1.37 bits per heavy atom. The maximum absolute atomic E-state index is 7.77. The molecule has 2 rings (SSSR count). The normalized spacial score (nSPS) is 16.2. The van der Waals surface area contributed by atoms with Crippen LogP contribution < -0.4 is 5.48 Å². The number of nitrogens with one attached hydrogen (secondary N) is 2. The van der Waals surface area contributed by atoms with Gasteiger partial charge in [0.1, 0.15) is 0 Å². The SMILES string of the molecule is N=C(NOCCCN1CCCCC1)c1cccnc1. The van der Waals surface area contributed by atoms with Crippen LogP contribution in [0.3, 0.4) is 0 Å². The Labute approximate surface area is 114 Å². The first-order valence-electron chi connectivity index (χ1n) is 6.95. The molecule has 0 radical (unpaired) electrons. The van der Waals surface area contributed by atoms with Crippen LogP contribution >= 0.6 is 0 Å². The Balaban J connectivity index is 1.55. The number of aromatic nitrogens is 1. The fraction of sp³-hybridized carbons (Fsp3) is 0.571. The summed E-state index contributed by atoms with van der Waals surface area (Å²) in [6.45, 7) is 4.15. The minimum atomic E-state index is 0.256. The Morgan fingerprint density at radius 2 is 2.21 bits per heavy atom. The zero-order valence-electron chi connectivity index (χ0n) is 11.3. The second-order valence-electron chi connectivity index (χ2n) is 4.82. The lowest BCUT2D eigenvalue weighted by atomic mass is 10.1. The molecule has 0 aliphatic carbocycles. The number of pyridine rings is 1. The molecule has 0 saturated carbocycles. The number of hydrogen-bond acceptors (Lipinski definition) is 4. The summed E-state index contributed by atoms with van der Waals surface area (Å²) in [7, 11) is 0. The van der Waals surface area contributed by atoms with Gasteiger partial charge in [-0.25, -0.2) is 5.48 Å².